The molecule has 1 spiro atoms. The number of nitrogens with zero attached hydrogens (tertiary/aromatic N) is 2. The fourth-order valence-electron chi connectivity index (χ4n) is 13.7. The van der Waals surface area contributed by atoms with E-state index in [0.29, 0.717) is 0 Å². The predicted molar refractivity (Wildman–Crippen MR) is 358 cm³/mol. The van der Waals surface area contributed by atoms with Crippen molar-refractivity contribution in [3.05, 3.63) is 337 Å². The Morgan fingerprint density at radius 2 is 0.635 bits per heavy atom. The first-order valence-corrected chi connectivity index (χ1v) is 30.8. The molecule has 0 fully saturated rings. The number of anilines is 6. The zero-order chi connectivity index (χ0) is 56.6. The third kappa shape index (κ3) is 8.50. The smallest absolute Gasteiger partial charge is 0.0727 e. The number of hydrogen-bond donors (Lipinski definition) is 0. The second-order valence-electron chi connectivity index (χ2n) is 22.4. The minimum Gasteiger partial charge on any atom is -0.310 e. The van der Waals surface area contributed by atoms with Gasteiger partial charge in [-0.1, -0.05) is 236 Å². The lowest BCUT2D eigenvalue weighted by molar-refractivity contribution is 0.790. The molecule has 3 aliphatic rings. The van der Waals surface area contributed by atoms with E-state index < -0.39 is 5.41 Å². The Hall–Kier alpha value is -9.84. The molecule has 0 bridgehead atoms. The molecule has 1 heterocycles. The summed E-state index contributed by atoms with van der Waals surface area (Å²) in [6.07, 6.45) is 0. The number of benzene rings is 13. The molecule has 16 rings (SSSR count). The van der Waals surface area contributed by atoms with Crippen molar-refractivity contribution in [2.24, 2.45) is 0 Å². The molecule has 0 radical (unpaired) electrons. The monoisotopic (exact) mass is 1120 g/mol. The quantitative estimate of drug-likeness (QED) is 0.135. The summed E-state index contributed by atoms with van der Waals surface area (Å²) in [4.78, 5) is 10.1. The van der Waals surface area contributed by atoms with Crippen LogP contribution in [0.5, 0.6) is 0 Å². The standard InChI is InChI=1S/C81H56N2S2/c1-53-18-12-13-25-67(53)68-45-42-64(50-54(68)2)83(63-40-34-60(35-41-63)57-23-10-5-11-24-57)66-44-47-71-75(52-66)81(73-48-49-78-80(79(71)73)85-77-29-17-16-28-76(77)84-78)72-27-15-14-26-69(72)70-46-43-65(51-74(70)81)82(61-36-30-58(31-37-61)55-19-6-3-7-20-55)62-38-32-59(33-39-62)56-21-8-4-9-22-56/h3-52H,1-2H3. The van der Waals surface area contributed by atoms with Crippen molar-refractivity contribution in [2.75, 3.05) is 9.80 Å². The summed E-state index contributed by atoms with van der Waals surface area (Å²) >= 11 is 3.82. The molecule has 1 unspecified atom stereocenters. The lowest BCUT2D eigenvalue weighted by Gasteiger charge is -2.34. The minimum absolute atomic E-state index is 0.687. The molecule has 0 N–H and O–H groups in total. The van der Waals surface area contributed by atoms with Crippen LogP contribution in [-0.4, -0.2) is 0 Å². The SMILES string of the molecule is Cc1ccccc1-c1ccc(N(c2ccc(-c3ccccc3)cc2)c2ccc3c(c2)C2(c4ccccc4-c4ccc(N(c5ccc(-c6ccccc6)cc5)c5ccc(-c6ccccc6)cc5)cc42)c2ccc4c(c2-3)Sc2ccccc2S4)cc1C. The minimum atomic E-state index is -0.687. The Morgan fingerprint density at radius 3 is 1.18 bits per heavy atom. The lowest BCUT2D eigenvalue weighted by atomic mass is 9.70. The van der Waals surface area contributed by atoms with Gasteiger partial charge in [-0.25, -0.2) is 0 Å². The van der Waals surface area contributed by atoms with Crippen LogP contribution in [0.4, 0.5) is 34.1 Å². The largest absolute Gasteiger partial charge is 0.310 e. The highest BCUT2D eigenvalue weighted by atomic mass is 32.2. The van der Waals surface area contributed by atoms with Crippen LogP contribution in [0.3, 0.4) is 0 Å². The summed E-state index contributed by atoms with van der Waals surface area (Å²) in [5.74, 6) is 0. The summed E-state index contributed by atoms with van der Waals surface area (Å²) in [5.41, 5.74) is 28.3. The second kappa shape index (κ2) is 20.8. The third-order valence-electron chi connectivity index (χ3n) is 17.6. The maximum absolute atomic E-state index is 2.55. The van der Waals surface area contributed by atoms with E-state index in [2.05, 4.69) is 327 Å². The van der Waals surface area contributed by atoms with Crippen molar-refractivity contribution in [1.29, 1.82) is 0 Å². The molecule has 13 aromatic rings. The van der Waals surface area contributed by atoms with E-state index in [9.17, 15) is 0 Å². The van der Waals surface area contributed by atoms with Crippen LogP contribution >= 0.6 is 23.5 Å². The predicted octanol–water partition coefficient (Wildman–Crippen LogP) is 22.9. The van der Waals surface area contributed by atoms with Crippen LogP contribution in [0.25, 0.3) is 66.8 Å². The molecule has 2 aliphatic carbocycles. The van der Waals surface area contributed by atoms with E-state index in [4.69, 9.17) is 0 Å². The van der Waals surface area contributed by atoms with Crippen LogP contribution in [-0.2, 0) is 5.41 Å². The highest BCUT2D eigenvalue weighted by Crippen LogP contribution is 2.67. The number of fused-ring (bicyclic) bond motifs is 13. The van der Waals surface area contributed by atoms with Crippen molar-refractivity contribution in [2.45, 2.75) is 38.8 Å². The molecule has 85 heavy (non-hydrogen) atoms. The van der Waals surface area contributed by atoms with Gasteiger partial charge in [0, 0.05) is 59.3 Å². The Labute approximate surface area is 506 Å². The highest BCUT2D eigenvalue weighted by molar-refractivity contribution is 8.05. The first-order valence-electron chi connectivity index (χ1n) is 29.2. The molecular formula is C81H56N2S2. The summed E-state index contributed by atoms with van der Waals surface area (Å²) in [5, 5.41) is 0. The maximum Gasteiger partial charge on any atom is 0.0727 e. The molecule has 0 saturated heterocycles. The Kier molecular flexibility index (Phi) is 12.4. The van der Waals surface area contributed by atoms with Gasteiger partial charge < -0.3 is 9.80 Å². The number of hydrogen-bond acceptors (Lipinski definition) is 4. The normalized spacial score (nSPS) is 14.0. The van der Waals surface area contributed by atoms with E-state index in [0.717, 1.165) is 34.1 Å². The van der Waals surface area contributed by atoms with Crippen LogP contribution in [0.15, 0.2) is 323 Å². The molecule has 13 aromatic carbocycles. The van der Waals surface area contributed by atoms with Gasteiger partial charge in [0.1, 0.15) is 0 Å². The van der Waals surface area contributed by atoms with Crippen molar-refractivity contribution in [3.63, 3.8) is 0 Å². The Bertz CT molecular complexity index is 4630. The first-order chi connectivity index (χ1) is 42.0. The molecule has 402 valence electrons. The van der Waals surface area contributed by atoms with E-state index in [1.54, 1.807) is 0 Å². The molecule has 0 amide bonds. The van der Waals surface area contributed by atoms with Gasteiger partial charge in [0.2, 0.25) is 0 Å². The van der Waals surface area contributed by atoms with Crippen LogP contribution < -0.4 is 9.80 Å². The van der Waals surface area contributed by atoms with E-state index in [1.807, 2.05) is 23.5 Å². The zero-order valence-corrected chi connectivity index (χ0v) is 48.7. The van der Waals surface area contributed by atoms with Crippen molar-refractivity contribution in [3.8, 4) is 66.8 Å². The molecule has 0 aromatic heterocycles. The first kappa shape index (κ1) is 50.9. The van der Waals surface area contributed by atoms with Gasteiger partial charge in [-0.05, 0) is 199 Å². The van der Waals surface area contributed by atoms with Crippen LogP contribution in [0, 0.1) is 13.8 Å². The fourth-order valence-corrected chi connectivity index (χ4v) is 16.1. The summed E-state index contributed by atoms with van der Waals surface area (Å²) in [6, 6.07) is 113. The van der Waals surface area contributed by atoms with Crippen molar-refractivity contribution in [1.82, 2.24) is 0 Å². The molecule has 1 aliphatic heterocycles. The number of rotatable bonds is 10. The van der Waals surface area contributed by atoms with E-state index in [1.165, 1.54) is 120 Å². The fraction of sp³-hybridized carbons (Fsp3) is 0.0370. The third-order valence-corrected chi connectivity index (χ3v) is 20.2. The second-order valence-corrected chi connectivity index (χ2v) is 24.6. The molecule has 4 heteroatoms. The summed E-state index contributed by atoms with van der Waals surface area (Å²) < 4.78 is 0. The number of aryl methyl sites for hydroxylation is 2. The van der Waals surface area contributed by atoms with E-state index >= 15 is 0 Å². The Balaban J connectivity index is 0.927. The average Bonchev–Trinajstić information content (AvgIpc) is 1.58. The van der Waals surface area contributed by atoms with Gasteiger partial charge in [-0.15, -0.1) is 0 Å². The summed E-state index contributed by atoms with van der Waals surface area (Å²) in [6.45, 7) is 4.47. The van der Waals surface area contributed by atoms with Crippen molar-refractivity contribution >= 4 is 57.6 Å². The van der Waals surface area contributed by atoms with Gasteiger partial charge in [-0.3, -0.25) is 0 Å². The Morgan fingerprint density at radius 1 is 0.247 bits per heavy atom. The highest BCUT2D eigenvalue weighted by Gasteiger charge is 2.53. The van der Waals surface area contributed by atoms with Crippen LogP contribution in [0.2, 0.25) is 0 Å². The summed E-state index contributed by atoms with van der Waals surface area (Å²) in [7, 11) is 0. The molecular weight excluding hydrogens is 1070 g/mol. The van der Waals surface area contributed by atoms with Crippen molar-refractivity contribution < 1.29 is 0 Å². The van der Waals surface area contributed by atoms with Gasteiger partial charge >= 0.3 is 0 Å². The van der Waals surface area contributed by atoms with E-state index in [-0.39, 0.29) is 0 Å². The molecule has 0 saturated carbocycles. The maximum atomic E-state index is 2.55. The van der Waals surface area contributed by atoms with Gasteiger partial charge in [0.15, 0.2) is 0 Å². The zero-order valence-electron chi connectivity index (χ0n) is 47.1. The average molecular weight is 1120 g/mol. The van der Waals surface area contributed by atoms with Crippen LogP contribution in [0.1, 0.15) is 33.4 Å². The topological polar surface area (TPSA) is 6.48 Å². The van der Waals surface area contributed by atoms with Gasteiger partial charge in [0.05, 0.1) is 5.41 Å². The molecule has 2 nitrogen and oxygen atoms in total. The van der Waals surface area contributed by atoms with Gasteiger partial charge in [0.25, 0.3) is 0 Å². The lowest BCUT2D eigenvalue weighted by Crippen LogP contribution is -2.26. The van der Waals surface area contributed by atoms with Gasteiger partial charge in [-0.2, -0.15) is 0 Å². The molecule has 1 atom stereocenters.